The summed E-state index contributed by atoms with van der Waals surface area (Å²) in [5.74, 6) is 0.337. The van der Waals surface area contributed by atoms with Crippen LogP contribution in [0.4, 0.5) is 21.5 Å². The van der Waals surface area contributed by atoms with Gasteiger partial charge < -0.3 is 30.3 Å². The summed E-state index contributed by atoms with van der Waals surface area (Å²) < 4.78 is 11.5. The van der Waals surface area contributed by atoms with Gasteiger partial charge in [-0.2, -0.15) is 15.0 Å². The highest BCUT2D eigenvalue weighted by atomic mass is 35.5. The molecule has 1 aromatic heterocycles. The molecule has 232 valence electrons. The Morgan fingerprint density at radius 3 is 2.10 bits per heavy atom. The summed E-state index contributed by atoms with van der Waals surface area (Å²) in [6.45, 7) is 13.0. The Bertz CT molecular complexity index is 1160. The van der Waals surface area contributed by atoms with Gasteiger partial charge in [0.25, 0.3) is 0 Å². The van der Waals surface area contributed by atoms with E-state index in [9.17, 15) is 9.59 Å². The number of amides is 2. The van der Waals surface area contributed by atoms with Crippen LogP contribution >= 0.6 is 11.6 Å². The van der Waals surface area contributed by atoms with Gasteiger partial charge in [-0.25, -0.2) is 9.59 Å². The Hall–Kier alpha value is -3.34. The van der Waals surface area contributed by atoms with Gasteiger partial charge in [0, 0.05) is 32.2 Å². The molecule has 0 saturated heterocycles. The first kappa shape index (κ1) is 33.2. The Morgan fingerprint density at radius 1 is 0.905 bits per heavy atom. The van der Waals surface area contributed by atoms with Crippen LogP contribution in [-0.4, -0.2) is 67.3 Å². The third-order valence-corrected chi connectivity index (χ3v) is 6.76. The summed E-state index contributed by atoms with van der Waals surface area (Å²) in [5, 5.41) is 3.11. The molecule has 0 aliphatic heterocycles. The maximum absolute atomic E-state index is 13.2. The number of nitrogens with zero attached hydrogens (tertiary/aromatic N) is 5. The standard InChI is InChI=1S/C30H46ClN7O4/c1-29(2,3)41-27(39)37(17-10-18-38(23-11-8-7-9-12-23)28(40)42-30(4,5)6)20-22-15-13-21(14-16-22)19-33-26-35-24(31)34-25(32)36-26/h13-16,23H,7-12,17-20H2,1-6H3,(H3,32,33,34,35,36). The van der Waals surface area contributed by atoms with Crippen molar-refractivity contribution in [2.45, 2.75) is 110 Å². The zero-order valence-electron chi connectivity index (χ0n) is 25.8. The number of hydrogen-bond donors (Lipinski definition) is 2. The van der Waals surface area contributed by atoms with Gasteiger partial charge in [0.1, 0.15) is 11.2 Å². The molecule has 11 nitrogen and oxygen atoms in total. The fraction of sp³-hybridized carbons (Fsp3) is 0.633. The Balaban J connectivity index is 1.65. The lowest BCUT2D eigenvalue weighted by atomic mass is 9.94. The Labute approximate surface area is 254 Å². The number of carbonyl (C=O) groups excluding carboxylic acids is 2. The number of carbonyl (C=O) groups is 2. The van der Waals surface area contributed by atoms with E-state index < -0.39 is 11.2 Å². The van der Waals surface area contributed by atoms with E-state index in [1.165, 1.54) is 6.42 Å². The smallest absolute Gasteiger partial charge is 0.410 e. The van der Waals surface area contributed by atoms with Crippen LogP contribution in [0.5, 0.6) is 0 Å². The molecular weight excluding hydrogens is 558 g/mol. The van der Waals surface area contributed by atoms with E-state index in [1.807, 2.05) is 70.7 Å². The van der Waals surface area contributed by atoms with Crippen molar-refractivity contribution in [3.05, 3.63) is 40.7 Å². The average Bonchev–Trinajstić information content (AvgIpc) is 2.88. The monoisotopic (exact) mass is 603 g/mol. The molecule has 2 amide bonds. The van der Waals surface area contributed by atoms with Gasteiger partial charge in [-0.3, -0.25) is 0 Å². The van der Waals surface area contributed by atoms with Crippen LogP contribution in [0.15, 0.2) is 24.3 Å². The fourth-order valence-electron chi connectivity index (χ4n) is 4.74. The second-order valence-electron chi connectivity index (χ2n) is 12.7. The summed E-state index contributed by atoms with van der Waals surface area (Å²) in [5.41, 5.74) is 6.37. The van der Waals surface area contributed by atoms with Crippen molar-refractivity contribution in [2.24, 2.45) is 0 Å². The van der Waals surface area contributed by atoms with Crippen molar-refractivity contribution in [2.75, 3.05) is 24.1 Å². The van der Waals surface area contributed by atoms with Crippen molar-refractivity contribution >= 4 is 35.7 Å². The highest BCUT2D eigenvalue weighted by Crippen LogP contribution is 2.25. The molecule has 1 fully saturated rings. The molecule has 42 heavy (non-hydrogen) atoms. The predicted octanol–water partition coefficient (Wildman–Crippen LogP) is 6.42. The molecule has 1 aliphatic carbocycles. The van der Waals surface area contributed by atoms with Crippen LogP contribution in [0.25, 0.3) is 0 Å². The number of nitrogens with two attached hydrogens (primary N) is 1. The van der Waals surface area contributed by atoms with Crippen LogP contribution in [0.1, 0.15) is 91.2 Å². The van der Waals surface area contributed by atoms with Gasteiger partial charge in [0.15, 0.2) is 0 Å². The second-order valence-corrected chi connectivity index (χ2v) is 13.0. The van der Waals surface area contributed by atoms with Gasteiger partial charge in [-0.1, -0.05) is 43.5 Å². The summed E-state index contributed by atoms with van der Waals surface area (Å²) in [7, 11) is 0. The molecule has 1 heterocycles. The molecule has 0 bridgehead atoms. The quantitative estimate of drug-likeness (QED) is 0.315. The molecule has 3 rings (SSSR count). The van der Waals surface area contributed by atoms with Crippen LogP contribution < -0.4 is 11.1 Å². The van der Waals surface area contributed by atoms with Gasteiger partial charge in [0.05, 0.1) is 0 Å². The number of nitrogen functional groups attached to an aromatic ring is 1. The minimum Gasteiger partial charge on any atom is -0.444 e. The van der Waals surface area contributed by atoms with E-state index in [0.717, 1.165) is 36.8 Å². The normalized spacial score (nSPS) is 14.3. The first-order chi connectivity index (χ1) is 19.7. The zero-order chi connectivity index (χ0) is 30.9. The molecule has 1 aliphatic rings. The first-order valence-electron chi connectivity index (χ1n) is 14.6. The molecule has 1 saturated carbocycles. The number of aromatic nitrogens is 3. The number of anilines is 2. The molecule has 0 radical (unpaired) electrons. The highest BCUT2D eigenvalue weighted by Gasteiger charge is 2.30. The first-order valence-corrected chi connectivity index (χ1v) is 15.0. The van der Waals surface area contributed by atoms with E-state index in [1.54, 1.807) is 4.90 Å². The third-order valence-electron chi connectivity index (χ3n) is 6.59. The number of nitrogens with one attached hydrogen (secondary N) is 1. The van der Waals surface area contributed by atoms with Crippen molar-refractivity contribution in [1.29, 1.82) is 0 Å². The fourth-order valence-corrected chi connectivity index (χ4v) is 4.90. The molecular formula is C30H46ClN7O4. The topological polar surface area (TPSA) is 136 Å². The van der Waals surface area contributed by atoms with Gasteiger partial charge in [-0.05, 0) is 83.5 Å². The second kappa shape index (κ2) is 14.7. The van der Waals surface area contributed by atoms with E-state index >= 15 is 0 Å². The zero-order valence-corrected chi connectivity index (χ0v) is 26.5. The van der Waals surface area contributed by atoms with E-state index in [2.05, 4.69) is 20.3 Å². The lowest BCUT2D eigenvalue weighted by Crippen LogP contribution is -2.45. The third kappa shape index (κ3) is 11.5. The van der Waals surface area contributed by atoms with Crippen molar-refractivity contribution in [3.63, 3.8) is 0 Å². The van der Waals surface area contributed by atoms with Gasteiger partial charge in [-0.15, -0.1) is 0 Å². The number of ether oxygens (including phenoxy) is 2. The lowest BCUT2D eigenvalue weighted by molar-refractivity contribution is 0.00970. The van der Waals surface area contributed by atoms with E-state index in [4.69, 9.17) is 26.8 Å². The Kier molecular flexibility index (Phi) is 11.6. The average molecular weight is 604 g/mol. The molecule has 2 aromatic rings. The predicted molar refractivity (Wildman–Crippen MR) is 164 cm³/mol. The molecule has 0 atom stereocenters. The number of rotatable bonds is 10. The van der Waals surface area contributed by atoms with Crippen molar-refractivity contribution in [1.82, 2.24) is 24.8 Å². The minimum absolute atomic E-state index is 0.0236. The van der Waals surface area contributed by atoms with Crippen molar-refractivity contribution in [3.8, 4) is 0 Å². The van der Waals surface area contributed by atoms with E-state index in [-0.39, 0.29) is 29.5 Å². The SMILES string of the molecule is CC(C)(C)OC(=O)N(CCCN(C(=O)OC(C)(C)C)C1CCCCC1)Cc1ccc(CNc2nc(N)nc(Cl)n2)cc1. The van der Waals surface area contributed by atoms with Gasteiger partial charge in [0.2, 0.25) is 17.2 Å². The molecule has 0 unspecified atom stereocenters. The van der Waals surface area contributed by atoms with Crippen LogP contribution in [-0.2, 0) is 22.6 Å². The molecule has 12 heteroatoms. The molecule has 0 spiro atoms. The highest BCUT2D eigenvalue weighted by molar-refractivity contribution is 6.28. The summed E-state index contributed by atoms with van der Waals surface area (Å²) >= 11 is 5.85. The lowest BCUT2D eigenvalue weighted by Gasteiger charge is -2.36. The number of halogens is 1. The summed E-state index contributed by atoms with van der Waals surface area (Å²) in [6, 6.07) is 8.04. The summed E-state index contributed by atoms with van der Waals surface area (Å²) in [6.07, 6.45) is 5.29. The number of benzene rings is 1. The summed E-state index contributed by atoms with van der Waals surface area (Å²) in [4.78, 5) is 41.7. The van der Waals surface area contributed by atoms with E-state index in [0.29, 0.717) is 38.5 Å². The largest absolute Gasteiger partial charge is 0.444 e. The molecule has 3 N–H and O–H groups in total. The van der Waals surface area contributed by atoms with Crippen LogP contribution in [0.2, 0.25) is 5.28 Å². The van der Waals surface area contributed by atoms with Crippen molar-refractivity contribution < 1.29 is 19.1 Å². The number of hydrogen-bond acceptors (Lipinski definition) is 9. The van der Waals surface area contributed by atoms with Crippen LogP contribution in [0, 0.1) is 0 Å². The van der Waals surface area contributed by atoms with Crippen LogP contribution in [0.3, 0.4) is 0 Å². The molecule has 1 aromatic carbocycles. The Morgan fingerprint density at radius 2 is 1.50 bits per heavy atom. The maximum atomic E-state index is 13.2. The van der Waals surface area contributed by atoms with Gasteiger partial charge >= 0.3 is 12.2 Å². The maximum Gasteiger partial charge on any atom is 0.410 e. The minimum atomic E-state index is -0.628.